The summed E-state index contributed by atoms with van der Waals surface area (Å²) in [4.78, 5) is 4.18. The molecule has 1 aromatic heterocycles. The number of benzene rings is 1. The average molecular weight is 288 g/mol. The Morgan fingerprint density at radius 1 is 1.35 bits per heavy atom. The highest BCUT2D eigenvalue weighted by Gasteiger charge is 2.10. The average Bonchev–Trinajstić information content (AvgIpc) is 2.45. The lowest BCUT2D eigenvalue weighted by atomic mass is 10.1. The number of hydrogen-bond donors (Lipinski definition) is 2. The minimum atomic E-state index is -0.137. The first-order valence-electron chi connectivity index (χ1n) is 5.71. The molecule has 0 bridgehead atoms. The van der Waals surface area contributed by atoms with E-state index in [1.165, 1.54) is 6.07 Å². The fourth-order valence-corrected chi connectivity index (χ4v) is 1.89. The van der Waals surface area contributed by atoms with Crippen LogP contribution in [0, 0.1) is 11.3 Å². The third-order valence-electron chi connectivity index (χ3n) is 2.58. The maximum Gasteiger partial charge on any atom is 0.188 e. The Morgan fingerprint density at radius 2 is 2.05 bits per heavy atom. The van der Waals surface area contributed by atoms with Gasteiger partial charge in [-0.05, 0) is 24.3 Å². The summed E-state index contributed by atoms with van der Waals surface area (Å²) in [7, 11) is 1.55. The predicted octanol–water partition coefficient (Wildman–Crippen LogP) is 2.60. The molecule has 6 heteroatoms. The van der Waals surface area contributed by atoms with Crippen LogP contribution in [0.5, 0.6) is 11.5 Å². The van der Waals surface area contributed by atoms with E-state index in [1.54, 1.807) is 31.4 Å². The molecule has 0 saturated carbocycles. The number of pyridine rings is 1. The zero-order valence-electron chi connectivity index (χ0n) is 10.7. The molecule has 5 nitrogen and oxygen atoms in total. The fourth-order valence-electron chi connectivity index (χ4n) is 1.62. The number of aromatic hydroxyl groups is 1. The summed E-state index contributed by atoms with van der Waals surface area (Å²) in [5, 5.41) is 18.8. The predicted molar refractivity (Wildman–Crippen MR) is 75.8 cm³/mol. The van der Waals surface area contributed by atoms with Crippen LogP contribution >= 0.6 is 12.6 Å². The molecule has 1 heterocycles. The van der Waals surface area contributed by atoms with Gasteiger partial charge in [-0.25, -0.2) is 4.98 Å². The van der Waals surface area contributed by atoms with Crippen LogP contribution in [0.4, 0.5) is 0 Å². The molecule has 0 aliphatic carbocycles. The van der Waals surface area contributed by atoms with Gasteiger partial charge in [0.15, 0.2) is 6.79 Å². The summed E-state index contributed by atoms with van der Waals surface area (Å²) in [6, 6.07) is 10.4. The van der Waals surface area contributed by atoms with Gasteiger partial charge in [0.2, 0.25) is 0 Å². The van der Waals surface area contributed by atoms with E-state index >= 15 is 0 Å². The third kappa shape index (κ3) is 3.02. The number of aromatic nitrogens is 1. The quantitative estimate of drug-likeness (QED) is 0.668. The van der Waals surface area contributed by atoms with Crippen LogP contribution < -0.4 is 4.74 Å². The van der Waals surface area contributed by atoms with Crippen LogP contribution in [0.15, 0.2) is 35.4 Å². The van der Waals surface area contributed by atoms with Crippen LogP contribution in [-0.4, -0.2) is 24.0 Å². The Morgan fingerprint density at radius 3 is 2.60 bits per heavy atom. The van der Waals surface area contributed by atoms with Gasteiger partial charge in [-0.3, -0.25) is 0 Å². The summed E-state index contributed by atoms with van der Waals surface area (Å²) < 4.78 is 10.1. The van der Waals surface area contributed by atoms with Crippen molar-refractivity contribution in [2.45, 2.75) is 5.03 Å². The van der Waals surface area contributed by atoms with Gasteiger partial charge >= 0.3 is 0 Å². The molecule has 2 rings (SSSR count). The molecule has 2 aromatic rings. The molecule has 0 radical (unpaired) electrons. The minimum absolute atomic E-state index is 0.0668. The molecule has 20 heavy (non-hydrogen) atoms. The summed E-state index contributed by atoms with van der Waals surface area (Å²) in [6.45, 7) is 0.177. The smallest absolute Gasteiger partial charge is 0.188 e. The van der Waals surface area contributed by atoms with E-state index in [4.69, 9.17) is 14.7 Å². The minimum Gasteiger partial charge on any atom is -0.506 e. The molecule has 0 amide bonds. The largest absolute Gasteiger partial charge is 0.506 e. The Balaban J connectivity index is 2.30. The van der Waals surface area contributed by atoms with Crippen LogP contribution in [0.25, 0.3) is 11.3 Å². The second-order valence-electron chi connectivity index (χ2n) is 3.91. The number of nitriles is 1. The lowest BCUT2D eigenvalue weighted by molar-refractivity contribution is 0.0511. The second-order valence-corrected chi connectivity index (χ2v) is 4.34. The molecule has 0 aliphatic heterocycles. The Hall–Kier alpha value is -2.23. The summed E-state index contributed by atoms with van der Waals surface area (Å²) in [6.07, 6.45) is 0. The molecule has 0 unspecified atom stereocenters. The van der Waals surface area contributed by atoms with Crippen LogP contribution in [0.1, 0.15) is 5.56 Å². The van der Waals surface area contributed by atoms with E-state index < -0.39 is 0 Å². The van der Waals surface area contributed by atoms with E-state index in [2.05, 4.69) is 17.6 Å². The summed E-state index contributed by atoms with van der Waals surface area (Å²) in [5.74, 6) is 0.529. The van der Waals surface area contributed by atoms with Gasteiger partial charge in [0.05, 0.1) is 5.69 Å². The van der Waals surface area contributed by atoms with Gasteiger partial charge in [-0.1, -0.05) is 0 Å². The molecule has 1 aromatic carbocycles. The number of methoxy groups -OCH3 is 1. The van der Waals surface area contributed by atoms with Crippen LogP contribution in [-0.2, 0) is 4.74 Å². The van der Waals surface area contributed by atoms with E-state index in [1.807, 2.05) is 6.07 Å². The summed E-state index contributed by atoms with van der Waals surface area (Å²) >= 11 is 4.10. The van der Waals surface area contributed by atoms with Gasteiger partial charge < -0.3 is 14.6 Å². The number of rotatable bonds is 4. The Bertz CT molecular complexity index is 627. The first-order chi connectivity index (χ1) is 9.65. The first-order valence-corrected chi connectivity index (χ1v) is 6.15. The van der Waals surface area contributed by atoms with Gasteiger partial charge in [0.1, 0.15) is 28.2 Å². The maximum atomic E-state index is 9.75. The zero-order valence-corrected chi connectivity index (χ0v) is 11.6. The highest BCUT2D eigenvalue weighted by atomic mass is 32.1. The van der Waals surface area contributed by atoms with Crippen molar-refractivity contribution in [3.8, 4) is 28.8 Å². The number of thiol groups is 1. The van der Waals surface area contributed by atoms with Gasteiger partial charge in [-0.15, -0.1) is 12.6 Å². The van der Waals surface area contributed by atoms with Crippen molar-refractivity contribution in [2.24, 2.45) is 0 Å². The SMILES string of the molecule is COCOc1ccc(-c2cc(O)c(C#N)c(S)n2)cc1. The number of hydrogen-bond acceptors (Lipinski definition) is 6. The monoisotopic (exact) mass is 288 g/mol. The zero-order chi connectivity index (χ0) is 14.5. The molecule has 1 N–H and O–H groups in total. The maximum absolute atomic E-state index is 9.75. The van der Waals surface area contributed by atoms with Crippen molar-refractivity contribution >= 4 is 12.6 Å². The topological polar surface area (TPSA) is 75.4 Å². The standard InChI is InChI=1S/C14H12N2O3S/c1-18-8-19-10-4-2-9(3-5-10)12-6-13(17)11(7-15)14(20)16-12/h2-6H,8H2,1H3,(H2,16,17,20). The van der Waals surface area contributed by atoms with Crippen LogP contribution in [0.2, 0.25) is 0 Å². The highest BCUT2D eigenvalue weighted by molar-refractivity contribution is 7.80. The molecule has 0 aliphatic rings. The van der Waals surface area contributed by atoms with Crippen molar-refractivity contribution in [3.63, 3.8) is 0 Å². The molecule has 0 spiro atoms. The van der Waals surface area contributed by atoms with E-state index in [9.17, 15) is 5.11 Å². The molecule has 102 valence electrons. The molecular weight excluding hydrogens is 276 g/mol. The summed E-state index contributed by atoms with van der Waals surface area (Å²) in [5.41, 5.74) is 1.38. The van der Waals surface area contributed by atoms with Gasteiger partial charge in [0.25, 0.3) is 0 Å². The first kappa shape index (κ1) is 14.2. The lowest BCUT2D eigenvalue weighted by Gasteiger charge is -2.07. The highest BCUT2D eigenvalue weighted by Crippen LogP contribution is 2.29. The van der Waals surface area contributed by atoms with Gasteiger partial charge in [-0.2, -0.15) is 5.26 Å². The second kappa shape index (κ2) is 6.28. The number of ether oxygens (including phenoxy) is 2. The van der Waals surface area contributed by atoms with E-state index in [0.29, 0.717) is 11.4 Å². The molecular formula is C14H12N2O3S. The molecule has 0 saturated heterocycles. The van der Waals surface area contributed by atoms with Crippen molar-refractivity contribution in [3.05, 3.63) is 35.9 Å². The normalized spacial score (nSPS) is 10.1. The Labute approximate surface area is 121 Å². The Kier molecular flexibility index (Phi) is 4.45. The lowest BCUT2D eigenvalue weighted by Crippen LogP contribution is -1.98. The number of nitrogens with zero attached hydrogens (tertiary/aromatic N) is 2. The third-order valence-corrected chi connectivity index (χ3v) is 2.91. The van der Waals surface area contributed by atoms with E-state index in [-0.39, 0.29) is 23.1 Å². The van der Waals surface area contributed by atoms with Crippen LogP contribution in [0.3, 0.4) is 0 Å². The fraction of sp³-hybridized carbons (Fsp3) is 0.143. The molecule has 0 fully saturated rings. The van der Waals surface area contributed by atoms with Crippen molar-refractivity contribution in [2.75, 3.05) is 13.9 Å². The van der Waals surface area contributed by atoms with Crippen molar-refractivity contribution in [1.82, 2.24) is 4.98 Å². The van der Waals surface area contributed by atoms with Crippen molar-refractivity contribution in [1.29, 1.82) is 5.26 Å². The van der Waals surface area contributed by atoms with E-state index in [0.717, 1.165) is 5.56 Å². The molecule has 0 atom stereocenters. The van der Waals surface area contributed by atoms with Crippen molar-refractivity contribution < 1.29 is 14.6 Å². The van der Waals surface area contributed by atoms with Gasteiger partial charge in [0, 0.05) is 18.7 Å².